The minimum absolute atomic E-state index is 0.155. The van der Waals surface area contributed by atoms with Gasteiger partial charge in [0.1, 0.15) is 11.6 Å². The molecule has 3 amide bonds. The number of para-hydroxylation sites is 2. The molecule has 8 heteroatoms. The standard InChI is InChI=1S/C19H25N5O3/c1-3-18(25)23-12-9-14(10-13-23)24-17(8-11-20-24)22-19(26)21-15-6-4-5-7-16(15)27-2/h4-8,11,14H,3,9-10,12-13H2,1-2H3,(H2,21,22,26). The second kappa shape index (κ2) is 8.57. The summed E-state index contributed by atoms with van der Waals surface area (Å²) in [4.78, 5) is 26.1. The molecule has 1 aromatic carbocycles. The number of carbonyl (C=O) groups is 2. The van der Waals surface area contributed by atoms with E-state index in [9.17, 15) is 9.59 Å². The summed E-state index contributed by atoms with van der Waals surface area (Å²) in [6.45, 7) is 3.30. The minimum atomic E-state index is -0.361. The summed E-state index contributed by atoms with van der Waals surface area (Å²) >= 11 is 0. The molecule has 8 nitrogen and oxygen atoms in total. The number of rotatable bonds is 5. The van der Waals surface area contributed by atoms with E-state index in [1.165, 1.54) is 0 Å². The number of urea groups is 1. The van der Waals surface area contributed by atoms with Crippen LogP contribution in [0.25, 0.3) is 0 Å². The first-order chi connectivity index (χ1) is 13.1. The van der Waals surface area contributed by atoms with Gasteiger partial charge in [-0.2, -0.15) is 5.10 Å². The molecule has 2 heterocycles. The molecule has 2 aromatic rings. The average Bonchev–Trinajstić information content (AvgIpc) is 3.15. The second-order valence-electron chi connectivity index (χ2n) is 6.41. The van der Waals surface area contributed by atoms with Gasteiger partial charge in [0.2, 0.25) is 5.91 Å². The summed E-state index contributed by atoms with van der Waals surface area (Å²) in [5, 5.41) is 10.0. The highest BCUT2D eigenvalue weighted by molar-refractivity contribution is 6.00. The molecule has 0 aliphatic carbocycles. The van der Waals surface area contributed by atoms with Gasteiger partial charge in [-0.05, 0) is 25.0 Å². The van der Waals surface area contributed by atoms with Gasteiger partial charge in [0.15, 0.2) is 0 Å². The van der Waals surface area contributed by atoms with Crippen molar-refractivity contribution in [3.05, 3.63) is 36.5 Å². The molecule has 1 aliphatic heterocycles. The van der Waals surface area contributed by atoms with E-state index in [2.05, 4.69) is 15.7 Å². The van der Waals surface area contributed by atoms with Crippen LogP contribution < -0.4 is 15.4 Å². The highest BCUT2D eigenvalue weighted by atomic mass is 16.5. The molecule has 0 bridgehead atoms. The quantitative estimate of drug-likeness (QED) is 0.845. The predicted octanol–water partition coefficient (Wildman–Crippen LogP) is 3.11. The molecule has 0 saturated carbocycles. The number of methoxy groups -OCH3 is 1. The lowest BCUT2D eigenvalue weighted by atomic mass is 10.0. The maximum Gasteiger partial charge on any atom is 0.324 e. The van der Waals surface area contributed by atoms with Crippen LogP contribution in [0.3, 0.4) is 0 Å². The summed E-state index contributed by atoms with van der Waals surface area (Å²) in [5.74, 6) is 1.40. The van der Waals surface area contributed by atoms with Crippen LogP contribution in [0.1, 0.15) is 32.2 Å². The third-order valence-corrected chi connectivity index (χ3v) is 4.73. The van der Waals surface area contributed by atoms with Crippen LogP contribution in [0.2, 0.25) is 0 Å². The SMILES string of the molecule is CCC(=O)N1CCC(n2nccc2NC(=O)Nc2ccccc2OC)CC1. The number of ether oxygens (including phenoxy) is 1. The maximum atomic E-state index is 12.4. The number of hydrogen-bond acceptors (Lipinski definition) is 4. The number of carbonyl (C=O) groups excluding carboxylic acids is 2. The molecule has 0 atom stereocenters. The second-order valence-corrected chi connectivity index (χ2v) is 6.41. The van der Waals surface area contributed by atoms with Crippen molar-refractivity contribution in [1.82, 2.24) is 14.7 Å². The Bertz CT molecular complexity index is 796. The van der Waals surface area contributed by atoms with Crippen LogP contribution in [0.4, 0.5) is 16.3 Å². The van der Waals surface area contributed by atoms with Crippen molar-refractivity contribution in [1.29, 1.82) is 0 Å². The number of nitrogens with one attached hydrogen (secondary N) is 2. The molecular formula is C19H25N5O3. The molecule has 144 valence electrons. The third-order valence-electron chi connectivity index (χ3n) is 4.73. The Morgan fingerprint density at radius 1 is 1.19 bits per heavy atom. The molecule has 1 saturated heterocycles. The van der Waals surface area contributed by atoms with Crippen molar-refractivity contribution in [2.75, 3.05) is 30.8 Å². The molecule has 1 aliphatic rings. The van der Waals surface area contributed by atoms with Crippen LogP contribution in [0.15, 0.2) is 36.5 Å². The molecular weight excluding hydrogens is 346 g/mol. The van der Waals surface area contributed by atoms with Crippen molar-refractivity contribution in [3.8, 4) is 5.75 Å². The number of aromatic nitrogens is 2. The van der Waals surface area contributed by atoms with E-state index in [0.717, 1.165) is 12.8 Å². The van der Waals surface area contributed by atoms with Gasteiger partial charge in [-0.1, -0.05) is 19.1 Å². The molecule has 3 rings (SSSR count). The lowest BCUT2D eigenvalue weighted by molar-refractivity contribution is -0.132. The topological polar surface area (TPSA) is 88.5 Å². The fraction of sp³-hybridized carbons (Fsp3) is 0.421. The van der Waals surface area contributed by atoms with Gasteiger partial charge < -0.3 is 15.0 Å². The summed E-state index contributed by atoms with van der Waals surface area (Å²) in [6.07, 6.45) is 3.83. The van der Waals surface area contributed by atoms with Crippen molar-refractivity contribution < 1.29 is 14.3 Å². The van der Waals surface area contributed by atoms with E-state index in [1.54, 1.807) is 31.5 Å². The highest BCUT2D eigenvalue weighted by Crippen LogP contribution is 2.26. The Morgan fingerprint density at radius 3 is 2.63 bits per heavy atom. The minimum Gasteiger partial charge on any atom is -0.495 e. The van der Waals surface area contributed by atoms with Gasteiger partial charge >= 0.3 is 6.03 Å². The molecule has 0 radical (unpaired) electrons. The van der Waals surface area contributed by atoms with Crippen LogP contribution in [0.5, 0.6) is 5.75 Å². The van der Waals surface area contributed by atoms with E-state index < -0.39 is 0 Å². The number of benzene rings is 1. The summed E-state index contributed by atoms with van der Waals surface area (Å²) < 4.78 is 7.08. The maximum absolute atomic E-state index is 12.4. The first-order valence-corrected chi connectivity index (χ1v) is 9.14. The molecule has 0 unspecified atom stereocenters. The van der Waals surface area contributed by atoms with Gasteiger partial charge in [-0.15, -0.1) is 0 Å². The van der Waals surface area contributed by atoms with E-state index in [-0.39, 0.29) is 18.0 Å². The number of hydrogen-bond donors (Lipinski definition) is 2. The van der Waals surface area contributed by atoms with Gasteiger partial charge in [0, 0.05) is 25.6 Å². The Morgan fingerprint density at radius 2 is 1.93 bits per heavy atom. The van der Waals surface area contributed by atoms with Crippen LogP contribution in [-0.4, -0.2) is 46.8 Å². The van der Waals surface area contributed by atoms with E-state index in [0.29, 0.717) is 36.8 Å². The Kier molecular flexibility index (Phi) is 5.95. The van der Waals surface area contributed by atoms with Gasteiger partial charge in [0.05, 0.1) is 25.0 Å². The van der Waals surface area contributed by atoms with E-state index in [4.69, 9.17) is 4.74 Å². The monoisotopic (exact) mass is 371 g/mol. The number of likely N-dealkylation sites (tertiary alicyclic amines) is 1. The first-order valence-electron chi connectivity index (χ1n) is 9.14. The molecule has 1 fully saturated rings. The van der Waals surface area contributed by atoms with Crippen molar-refractivity contribution in [3.63, 3.8) is 0 Å². The normalized spacial score (nSPS) is 14.7. The van der Waals surface area contributed by atoms with E-state index in [1.807, 2.05) is 28.6 Å². The van der Waals surface area contributed by atoms with Crippen LogP contribution in [0, 0.1) is 0 Å². The number of nitrogens with zero attached hydrogens (tertiary/aromatic N) is 3. The van der Waals surface area contributed by atoms with Crippen LogP contribution in [-0.2, 0) is 4.79 Å². The molecule has 2 N–H and O–H groups in total. The highest BCUT2D eigenvalue weighted by Gasteiger charge is 2.25. The van der Waals surface area contributed by atoms with Gasteiger partial charge in [-0.25, -0.2) is 9.48 Å². The number of piperidine rings is 1. The smallest absolute Gasteiger partial charge is 0.324 e. The molecule has 0 spiro atoms. The Labute approximate surface area is 158 Å². The predicted molar refractivity (Wildman–Crippen MR) is 103 cm³/mol. The zero-order valence-electron chi connectivity index (χ0n) is 15.6. The zero-order valence-corrected chi connectivity index (χ0v) is 15.6. The third kappa shape index (κ3) is 4.39. The van der Waals surface area contributed by atoms with Crippen molar-refractivity contribution in [2.24, 2.45) is 0 Å². The number of amides is 3. The number of anilines is 2. The Hall–Kier alpha value is -3.03. The van der Waals surface area contributed by atoms with Gasteiger partial charge in [-0.3, -0.25) is 10.1 Å². The fourth-order valence-corrected chi connectivity index (χ4v) is 3.31. The zero-order chi connectivity index (χ0) is 19.2. The van der Waals surface area contributed by atoms with Crippen molar-refractivity contribution >= 4 is 23.4 Å². The van der Waals surface area contributed by atoms with Crippen LogP contribution >= 0.6 is 0 Å². The Balaban J connectivity index is 1.62. The average molecular weight is 371 g/mol. The van der Waals surface area contributed by atoms with Gasteiger partial charge in [0.25, 0.3) is 0 Å². The van der Waals surface area contributed by atoms with Crippen molar-refractivity contribution in [2.45, 2.75) is 32.2 Å². The summed E-state index contributed by atoms with van der Waals surface area (Å²) in [6, 6.07) is 8.79. The summed E-state index contributed by atoms with van der Waals surface area (Å²) in [5.41, 5.74) is 0.593. The first kappa shape index (κ1) is 18.8. The lowest BCUT2D eigenvalue weighted by Crippen LogP contribution is -2.39. The molecule has 27 heavy (non-hydrogen) atoms. The lowest BCUT2D eigenvalue weighted by Gasteiger charge is -2.32. The fourth-order valence-electron chi connectivity index (χ4n) is 3.31. The summed E-state index contributed by atoms with van der Waals surface area (Å²) in [7, 11) is 1.56. The molecule has 1 aromatic heterocycles. The van der Waals surface area contributed by atoms with E-state index >= 15 is 0 Å². The largest absolute Gasteiger partial charge is 0.495 e.